The molecule has 0 aliphatic rings. The first-order valence-electron chi connectivity index (χ1n) is 9.42. The van der Waals surface area contributed by atoms with Gasteiger partial charge in [-0.25, -0.2) is 15.4 Å². The fourth-order valence-electron chi connectivity index (χ4n) is 2.98. The molecule has 162 valence electrons. The van der Waals surface area contributed by atoms with Gasteiger partial charge in [-0.3, -0.25) is 4.79 Å². The second-order valence-electron chi connectivity index (χ2n) is 6.79. The van der Waals surface area contributed by atoms with Gasteiger partial charge >= 0.3 is 0 Å². The molecule has 0 saturated carbocycles. The molecule has 7 nitrogen and oxygen atoms in total. The van der Waals surface area contributed by atoms with E-state index in [1.165, 1.54) is 17.7 Å². The molecule has 0 atom stereocenters. The van der Waals surface area contributed by atoms with Crippen molar-refractivity contribution in [1.82, 2.24) is 15.4 Å². The van der Waals surface area contributed by atoms with Crippen LogP contribution < -0.4 is 15.9 Å². The number of aromatic nitrogens is 2. The summed E-state index contributed by atoms with van der Waals surface area (Å²) in [6.07, 6.45) is 2.93. The molecule has 2 heterocycles. The third-order valence-corrected chi connectivity index (χ3v) is 6.42. The minimum Gasteiger partial charge on any atom is -0.489 e. The second kappa shape index (κ2) is 9.52. The standard InChI is InChI=1S/C22H17Cl2N5O2S/c1-12-18-20(25)26-11-27-22(18)32-19(12)21(30)29-28-9-13-2-6-16(7-3-13)31-10-14-4-5-15(23)8-17(14)24/h2-9,11H,10H2,1H3,(H,29,30)(H2,25,26,27)/b28-9-. The number of nitrogens with zero attached hydrogens (tertiary/aromatic N) is 3. The van der Waals surface area contributed by atoms with Gasteiger partial charge in [-0.15, -0.1) is 11.3 Å². The third-order valence-electron chi connectivity index (χ3n) is 4.63. The normalized spacial score (nSPS) is 11.2. The largest absolute Gasteiger partial charge is 0.489 e. The van der Waals surface area contributed by atoms with Crippen LogP contribution in [0.5, 0.6) is 5.75 Å². The maximum Gasteiger partial charge on any atom is 0.281 e. The number of aryl methyl sites for hydroxylation is 1. The van der Waals surface area contributed by atoms with Gasteiger partial charge in [-0.05, 0) is 54.4 Å². The Hall–Kier alpha value is -3.20. The summed E-state index contributed by atoms with van der Waals surface area (Å²) in [6, 6.07) is 12.6. The maximum atomic E-state index is 12.5. The van der Waals surface area contributed by atoms with Gasteiger partial charge in [-0.2, -0.15) is 5.10 Å². The summed E-state index contributed by atoms with van der Waals surface area (Å²) in [5.41, 5.74) is 10.8. The van der Waals surface area contributed by atoms with E-state index in [0.717, 1.165) is 16.7 Å². The van der Waals surface area contributed by atoms with Gasteiger partial charge in [0.1, 0.15) is 29.3 Å². The number of nitrogens with two attached hydrogens (primary N) is 1. The lowest BCUT2D eigenvalue weighted by Crippen LogP contribution is -2.17. The summed E-state index contributed by atoms with van der Waals surface area (Å²) in [5.74, 6) is 0.699. The van der Waals surface area contributed by atoms with Crippen LogP contribution in [0.15, 0.2) is 53.9 Å². The summed E-state index contributed by atoms with van der Waals surface area (Å²) < 4.78 is 5.76. The molecular formula is C22H17Cl2N5O2S. The molecule has 32 heavy (non-hydrogen) atoms. The van der Waals surface area contributed by atoms with E-state index in [0.29, 0.717) is 43.3 Å². The minimum atomic E-state index is -0.332. The Morgan fingerprint density at radius 3 is 2.72 bits per heavy atom. The van der Waals surface area contributed by atoms with E-state index in [1.807, 2.05) is 37.3 Å². The molecule has 1 amide bonds. The zero-order chi connectivity index (χ0) is 22.7. The Morgan fingerprint density at radius 2 is 2.00 bits per heavy atom. The second-order valence-corrected chi connectivity index (χ2v) is 8.63. The molecule has 0 unspecified atom stereocenters. The highest BCUT2D eigenvalue weighted by atomic mass is 35.5. The van der Waals surface area contributed by atoms with Gasteiger partial charge in [0.25, 0.3) is 5.91 Å². The number of ether oxygens (including phenoxy) is 1. The van der Waals surface area contributed by atoms with Gasteiger partial charge in [0, 0.05) is 15.6 Å². The molecule has 4 rings (SSSR count). The Labute approximate surface area is 197 Å². The Morgan fingerprint density at radius 1 is 1.22 bits per heavy atom. The monoisotopic (exact) mass is 485 g/mol. The number of fused-ring (bicyclic) bond motifs is 1. The molecule has 0 bridgehead atoms. The van der Waals surface area contributed by atoms with Crippen LogP contribution in [0.4, 0.5) is 5.82 Å². The van der Waals surface area contributed by atoms with Crippen LogP contribution in [0.3, 0.4) is 0 Å². The SMILES string of the molecule is Cc1c(C(=O)N/N=C\c2ccc(OCc3ccc(Cl)cc3Cl)cc2)sc2ncnc(N)c12. The quantitative estimate of drug-likeness (QED) is 0.287. The van der Waals surface area contributed by atoms with E-state index in [1.54, 1.807) is 18.3 Å². The van der Waals surface area contributed by atoms with Gasteiger partial charge < -0.3 is 10.5 Å². The first kappa shape index (κ1) is 22.0. The number of benzene rings is 2. The van der Waals surface area contributed by atoms with Crippen molar-refractivity contribution in [2.75, 3.05) is 5.73 Å². The average Bonchev–Trinajstić information content (AvgIpc) is 3.12. The number of hydrogen-bond acceptors (Lipinski definition) is 7. The van der Waals surface area contributed by atoms with Gasteiger partial charge in [0.05, 0.1) is 16.5 Å². The van der Waals surface area contributed by atoms with Gasteiger partial charge in [-0.1, -0.05) is 29.3 Å². The molecule has 4 aromatic rings. The number of hydrazone groups is 1. The summed E-state index contributed by atoms with van der Waals surface area (Å²) >= 11 is 13.3. The van der Waals surface area contributed by atoms with Crippen LogP contribution >= 0.6 is 34.5 Å². The van der Waals surface area contributed by atoms with E-state index in [9.17, 15) is 4.79 Å². The third kappa shape index (κ3) is 4.83. The Kier molecular flexibility index (Phi) is 6.55. The van der Waals surface area contributed by atoms with E-state index in [2.05, 4.69) is 20.5 Å². The molecule has 2 aromatic carbocycles. The number of hydrogen-bond donors (Lipinski definition) is 2. The number of nitrogens with one attached hydrogen (secondary N) is 1. The summed E-state index contributed by atoms with van der Waals surface area (Å²) in [5, 5.41) is 5.87. The summed E-state index contributed by atoms with van der Waals surface area (Å²) in [7, 11) is 0. The van der Waals surface area contributed by atoms with E-state index >= 15 is 0 Å². The van der Waals surface area contributed by atoms with Crippen LogP contribution in [0.2, 0.25) is 10.0 Å². The highest BCUT2D eigenvalue weighted by Crippen LogP contribution is 2.31. The van der Waals surface area contributed by atoms with Crippen molar-refractivity contribution in [3.63, 3.8) is 0 Å². The predicted molar refractivity (Wildman–Crippen MR) is 129 cm³/mol. The number of thiophene rings is 1. The van der Waals surface area contributed by atoms with Crippen molar-refractivity contribution < 1.29 is 9.53 Å². The first-order chi connectivity index (χ1) is 15.4. The van der Waals surface area contributed by atoms with E-state index in [-0.39, 0.29) is 5.91 Å². The van der Waals surface area contributed by atoms with Crippen molar-refractivity contribution >= 4 is 62.7 Å². The Balaban J connectivity index is 1.36. The molecule has 0 radical (unpaired) electrons. The smallest absolute Gasteiger partial charge is 0.281 e. The van der Waals surface area contributed by atoms with Crippen molar-refractivity contribution in [2.24, 2.45) is 5.10 Å². The predicted octanol–water partition coefficient (Wildman–Crippen LogP) is 5.23. The number of anilines is 1. The summed E-state index contributed by atoms with van der Waals surface area (Å²) in [4.78, 5) is 21.8. The minimum absolute atomic E-state index is 0.322. The van der Waals surface area contributed by atoms with Crippen LogP contribution in [-0.4, -0.2) is 22.1 Å². The van der Waals surface area contributed by atoms with Crippen molar-refractivity contribution in [2.45, 2.75) is 13.5 Å². The highest BCUT2D eigenvalue weighted by molar-refractivity contribution is 7.20. The molecule has 0 aliphatic carbocycles. The summed E-state index contributed by atoms with van der Waals surface area (Å²) in [6.45, 7) is 2.13. The Bertz CT molecular complexity index is 1320. The number of nitrogen functional groups attached to an aromatic ring is 1. The van der Waals surface area contributed by atoms with Crippen molar-refractivity contribution in [3.8, 4) is 5.75 Å². The molecule has 3 N–H and O–H groups in total. The lowest BCUT2D eigenvalue weighted by molar-refractivity contribution is 0.0958. The topological polar surface area (TPSA) is 102 Å². The molecule has 10 heteroatoms. The molecular weight excluding hydrogens is 469 g/mol. The van der Waals surface area contributed by atoms with Crippen LogP contribution in [-0.2, 0) is 6.61 Å². The lowest BCUT2D eigenvalue weighted by atomic mass is 10.2. The van der Waals surface area contributed by atoms with Crippen LogP contribution in [0.1, 0.15) is 26.4 Å². The van der Waals surface area contributed by atoms with E-state index < -0.39 is 0 Å². The zero-order valence-electron chi connectivity index (χ0n) is 16.8. The number of rotatable bonds is 6. The van der Waals surface area contributed by atoms with E-state index in [4.69, 9.17) is 33.7 Å². The number of carbonyl (C=O) groups excluding carboxylic acids is 1. The van der Waals surface area contributed by atoms with Crippen LogP contribution in [0, 0.1) is 6.92 Å². The fraction of sp³-hybridized carbons (Fsp3) is 0.0909. The lowest BCUT2D eigenvalue weighted by Gasteiger charge is -2.08. The van der Waals surface area contributed by atoms with Crippen molar-refractivity contribution in [1.29, 1.82) is 0 Å². The number of amides is 1. The average molecular weight is 486 g/mol. The molecule has 2 aromatic heterocycles. The number of halogens is 2. The number of carbonyl (C=O) groups is 1. The fourth-order valence-corrected chi connectivity index (χ4v) is 4.49. The maximum absolute atomic E-state index is 12.5. The molecule has 0 aliphatic heterocycles. The van der Waals surface area contributed by atoms with Crippen molar-refractivity contribution in [3.05, 3.63) is 80.4 Å². The van der Waals surface area contributed by atoms with Gasteiger partial charge in [0.15, 0.2) is 0 Å². The highest BCUT2D eigenvalue weighted by Gasteiger charge is 2.18. The van der Waals surface area contributed by atoms with Crippen LogP contribution in [0.25, 0.3) is 10.2 Å². The molecule has 0 fully saturated rings. The molecule has 0 spiro atoms. The molecule has 0 saturated heterocycles. The first-order valence-corrected chi connectivity index (χ1v) is 11.0. The zero-order valence-corrected chi connectivity index (χ0v) is 19.1. The van der Waals surface area contributed by atoms with Gasteiger partial charge in [0.2, 0.25) is 0 Å².